The largest absolute Gasteiger partial charge is 0.352 e. The van der Waals surface area contributed by atoms with Gasteiger partial charge in [-0.05, 0) is 66.6 Å². The second kappa shape index (κ2) is 8.04. The lowest BCUT2D eigenvalue weighted by atomic mass is 10.1. The van der Waals surface area contributed by atoms with Gasteiger partial charge in [-0.1, -0.05) is 36.4 Å². The van der Waals surface area contributed by atoms with E-state index in [1.54, 1.807) is 12.3 Å². The molecule has 0 fully saturated rings. The highest BCUT2D eigenvalue weighted by Gasteiger charge is 2.11. The van der Waals surface area contributed by atoms with Crippen LogP contribution in [-0.4, -0.2) is 17.4 Å². The molecule has 0 atom stereocenters. The molecule has 1 heterocycles. The Labute approximate surface area is 159 Å². The van der Waals surface area contributed by atoms with E-state index in [0.717, 1.165) is 24.3 Å². The number of aromatic nitrogens is 1. The van der Waals surface area contributed by atoms with Crippen molar-refractivity contribution in [3.8, 4) is 0 Å². The molecule has 136 valence electrons. The molecule has 0 spiro atoms. The molecule has 1 amide bonds. The summed E-state index contributed by atoms with van der Waals surface area (Å²) >= 11 is 0. The minimum Gasteiger partial charge on any atom is -0.352 e. The van der Waals surface area contributed by atoms with E-state index in [9.17, 15) is 4.79 Å². The minimum atomic E-state index is -0.0949. The highest BCUT2D eigenvalue weighted by Crippen LogP contribution is 2.26. The van der Waals surface area contributed by atoms with Crippen LogP contribution in [0.4, 0.5) is 11.5 Å². The maximum atomic E-state index is 12.3. The fraction of sp³-hybridized carbons (Fsp3) is 0.217. The number of carbonyl (C=O) groups is 1. The summed E-state index contributed by atoms with van der Waals surface area (Å²) in [6, 6.07) is 20.3. The molecule has 2 N–H and O–H groups in total. The van der Waals surface area contributed by atoms with Gasteiger partial charge in [-0.25, -0.2) is 4.98 Å². The van der Waals surface area contributed by atoms with Gasteiger partial charge in [-0.2, -0.15) is 0 Å². The molecule has 4 rings (SSSR count). The number of pyridine rings is 1. The third kappa shape index (κ3) is 4.34. The predicted octanol–water partition coefficient (Wildman–Crippen LogP) is 4.29. The molecule has 1 aliphatic rings. The Morgan fingerprint density at radius 1 is 0.963 bits per heavy atom. The lowest BCUT2D eigenvalue weighted by Crippen LogP contribution is -2.25. The molecular formula is C23H23N3O. The highest BCUT2D eigenvalue weighted by atomic mass is 16.1. The number of nitrogens with zero attached hydrogens (tertiary/aromatic N) is 1. The number of aryl methyl sites for hydroxylation is 2. The summed E-state index contributed by atoms with van der Waals surface area (Å²) in [6.45, 7) is 0.609. The van der Waals surface area contributed by atoms with Crippen LogP contribution in [-0.2, 0) is 19.3 Å². The average Bonchev–Trinajstić information content (AvgIpc) is 3.17. The first-order chi connectivity index (χ1) is 13.3. The van der Waals surface area contributed by atoms with E-state index < -0.39 is 0 Å². The first kappa shape index (κ1) is 17.3. The van der Waals surface area contributed by atoms with Crippen LogP contribution in [0.3, 0.4) is 0 Å². The predicted molar refractivity (Wildman–Crippen MR) is 108 cm³/mol. The number of nitrogens with one attached hydrogen (secondary N) is 2. The van der Waals surface area contributed by atoms with E-state index in [1.165, 1.54) is 29.5 Å². The van der Waals surface area contributed by atoms with Gasteiger partial charge in [-0.3, -0.25) is 4.79 Å². The maximum Gasteiger partial charge on any atom is 0.252 e. The standard InChI is InChI=1S/C23H23N3O/c27-23(24-14-13-17-5-2-1-3-6-17)20-10-12-22(25-16-20)26-21-11-9-18-7-4-8-19(18)15-21/h1-3,5-6,9-12,15-16H,4,7-8,13-14H2,(H,24,27)(H,25,26). The van der Waals surface area contributed by atoms with E-state index in [2.05, 4.69) is 45.9 Å². The number of amides is 1. The van der Waals surface area contributed by atoms with Gasteiger partial charge in [0.05, 0.1) is 5.56 Å². The zero-order chi connectivity index (χ0) is 18.5. The van der Waals surface area contributed by atoms with E-state index in [-0.39, 0.29) is 5.91 Å². The van der Waals surface area contributed by atoms with E-state index in [4.69, 9.17) is 0 Å². The van der Waals surface area contributed by atoms with Crippen molar-refractivity contribution in [2.45, 2.75) is 25.7 Å². The SMILES string of the molecule is O=C(NCCc1ccccc1)c1ccc(Nc2ccc3c(c2)CCC3)nc1. The van der Waals surface area contributed by atoms with Crippen LogP contribution < -0.4 is 10.6 Å². The van der Waals surface area contributed by atoms with Gasteiger partial charge in [0.1, 0.15) is 5.82 Å². The maximum absolute atomic E-state index is 12.3. The molecule has 1 aliphatic carbocycles. The van der Waals surface area contributed by atoms with Gasteiger partial charge in [0.15, 0.2) is 0 Å². The second-order valence-electron chi connectivity index (χ2n) is 6.89. The number of rotatable bonds is 6. The van der Waals surface area contributed by atoms with E-state index in [0.29, 0.717) is 12.1 Å². The first-order valence-corrected chi connectivity index (χ1v) is 9.45. The Hall–Kier alpha value is -3.14. The fourth-order valence-corrected chi connectivity index (χ4v) is 3.47. The minimum absolute atomic E-state index is 0.0949. The summed E-state index contributed by atoms with van der Waals surface area (Å²) in [5.41, 5.74) is 5.71. The van der Waals surface area contributed by atoms with Gasteiger partial charge < -0.3 is 10.6 Å². The Morgan fingerprint density at radius 2 is 1.81 bits per heavy atom. The first-order valence-electron chi connectivity index (χ1n) is 9.45. The van der Waals surface area contributed by atoms with Crippen molar-refractivity contribution in [2.75, 3.05) is 11.9 Å². The molecule has 0 bridgehead atoms. The Balaban J connectivity index is 1.32. The van der Waals surface area contributed by atoms with Crippen LogP contribution in [0.25, 0.3) is 0 Å². The zero-order valence-corrected chi connectivity index (χ0v) is 15.2. The van der Waals surface area contributed by atoms with Crippen molar-refractivity contribution in [3.05, 3.63) is 89.1 Å². The molecule has 27 heavy (non-hydrogen) atoms. The van der Waals surface area contributed by atoms with Gasteiger partial charge >= 0.3 is 0 Å². The number of carbonyl (C=O) groups excluding carboxylic acids is 1. The summed E-state index contributed by atoms with van der Waals surface area (Å²) in [6.07, 6.45) is 6.01. The quantitative estimate of drug-likeness (QED) is 0.692. The van der Waals surface area contributed by atoms with E-state index in [1.807, 2.05) is 24.3 Å². The topological polar surface area (TPSA) is 54.0 Å². The molecule has 0 aliphatic heterocycles. The molecule has 0 radical (unpaired) electrons. The molecule has 0 saturated heterocycles. The smallest absolute Gasteiger partial charge is 0.252 e. The summed E-state index contributed by atoms with van der Waals surface area (Å²) in [7, 11) is 0. The zero-order valence-electron chi connectivity index (χ0n) is 15.2. The summed E-state index contributed by atoms with van der Waals surface area (Å²) in [5.74, 6) is 0.649. The highest BCUT2D eigenvalue weighted by molar-refractivity contribution is 5.94. The molecular weight excluding hydrogens is 334 g/mol. The summed E-state index contributed by atoms with van der Waals surface area (Å²) in [4.78, 5) is 16.6. The molecule has 4 heteroatoms. The molecule has 4 nitrogen and oxygen atoms in total. The van der Waals surface area contributed by atoms with Crippen LogP contribution in [0.1, 0.15) is 33.5 Å². The third-order valence-corrected chi connectivity index (χ3v) is 4.94. The van der Waals surface area contributed by atoms with Crippen LogP contribution in [0.15, 0.2) is 66.9 Å². The van der Waals surface area contributed by atoms with Crippen LogP contribution in [0.2, 0.25) is 0 Å². The second-order valence-corrected chi connectivity index (χ2v) is 6.89. The number of hydrogen-bond acceptors (Lipinski definition) is 3. The lowest BCUT2D eigenvalue weighted by Gasteiger charge is -2.09. The average molecular weight is 357 g/mol. The Kier molecular flexibility index (Phi) is 5.15. The fourth-order valence-electron chi connectivity index (χ4n) is 3.47. The molecule has 3 aromatic rings. The monoisotopic (exact) mass is 357 g/mol. The van der Waals surface area contributed by atoms with Crippen molar-refractivity contribution in [2.24, 2.45) is 0 Å². The third-order valence-electron chi connectivity index (χ3n) is 4.94. The van der Waals surface area contributed by atoms with Gasteiger partial charge in [0, 0.05) is 18.4 Å². The lowest BCUT2D eigenvalue weighted by molar-refractivity contribution is 0.0954. The number of fused-ring (bicyclic) bond motifs is 1. The van der Waals surface area contributed by atoms with Crippen LogP contribution in [0, 0.1) is 0 Å². The van der Waals surface area contributed by atoms with Crippen molar-refractivity contribution in [1.82, 2.24) is 10.3 Å². The van der Waals surface area contributed by atoms with Crippen molar-refractivity contribution in [3.63, 3.8) is 0 Å². The van der Waals surface area contributed by atoms with Crippen molar-refractivity contribution < 1.29 is 4.79 Å². The van der Waals surface area contributed by atoms with Crippen molar-refractivity contribution >= 4 is 17.4 Å². The van der Waals surface area contributed by atoms with Crippen LogP contribution >= 0.6 is 0 Å². The molecule has 1 aromatic heterocycles. The normalized spacial score (nSPS) is 12.4. The Morgan fingerprint density at radius 3 is 2.63 bits per heavy atom. The Bertz CT molecular complexity index is 920. The molecule has 0 unspecified atom stereocenters. The number of anilines is 2. The molecule has 2 aromatic carbocycles. The van der Waals surface area contributed by atoms with Crippen molar-refractivity contribution in [1.29, 1.82) is 0 Å². The van der Waals surface area contributed by atoms with Gasteiger partial charge in [0.25, 0.3) is 5.91 Å². The molecule has 0 saturated carbocycles. The van der Waals surface area contributed by atoms with Gasteiger partial charge in [-0.15, -0.1) is 0 Å². The summed E-state index contributed by atoms with van der Waals surface area (Å²) in [5, 5.41) is 6.27. The van der Waals surface area contributed by atoms with Crippen LogP contribution in [0.5, 0.6) is 0 Å². The number of benzene rings is 2. The van der Waals surface area contributed by atoms with Gasteiger partial charge in [0.2, 0.25) is 0 Å². The van der Waals surface area contributed by atoms with E-state index >= 15 is 0 Å². The number of hydrogen-bond donors (Lipinski definition) is 2. The summed E-state index contributed by atoms with van der Waals surface area (Å²) < 4.78 is 0.